The normalized spacial score (nSPS) is 25.9. The van der Waals surface area contributed by atoms with Gasteiger partial charge in [-0.25, -0.2) is 0 Å². The minimum atomic E-state index is -0.608. The van der Waals surface area contributed by atoms with E-state index in [9.17, 15) is 9.59 Å². The minimum Gasteiger partial charge on any atom is -0.497 e. The van der Waals surface area contributed by atoms with Crippen molar-refractivity contribution in [1.29, 1.82) is 0 Å². The number of rotatable bonds is 1. The molecule has 1 aliphatic heterocycles. The fourth-order valence-electron chi connectivity index (χ4n) is 3.05. The van der Waals surface area contributed by atoms with E-state index in [1.54, 1.807) is 13.2 Å². The first-order valence-electron chi connectivity index (χ1n) is 6.63. The van der Waals surface area contributed by atoms with Gasteiger partial charge in [-0.1, -0.05) is 12.5 Å². The van der Waals surface area contributed by atoms with Crippen molar-refractivity contribution in [2.45, 2.75) is 31.6 Å². The van der Waals surface area contributed by atoms with Crippen LogP contribution in [0.25, 0.3) is 0 Å². The van der Waals surface area contributed by atoms with E-state index in [1.165, 1.54) is 0 Å². The molecule has 0 N–H and O–H groups in total. The number of hydrogen-bond acceptors (Lipinski definition) is 4. The summed E-state index contributed by atoms with van der Waals surface area (Å²) in [6.45, 7) is 0. The van der Waals surface area contributed by atoms with E-state index in [1.807, 2.05) is 12.1 Å². The molecule has 0 saturated heterocycles. The molecule has 1 aromatic carbocycles. The molecular formula is C15H16O4. The second-order valence-corrected chi connectivity index (χ2v) is 5.12. The first-order valence-corrected chi connectivity index (χ1v) is 6.63. The van der Waals surface area contributed by atoms with Crippen molar-refractivity contribution in [3.8, 4) is 11.5 Å². The van der Waals surface area contributed by atoms with Gasteiger partial charge in [0.2, 0.25) is 0 Å². The van der Waals surface area contributed by atoms with Crippen LogP contribution in [0.1, 0.15) is 37.2 Å². The van der Waals surface area contributed by atoms with Crippen LogP contribution >= 0.6 is 0 Å². The number of ether oxygens (including phenoxy) is 2. The number of methoxy groups -OCH3 is 1. The summed E-state index contributed by atoms with van der Waals surface area (Å²) in [7, 11) is 1.57. The Morgan fingerprint density at radius 3 is 2.89 bits per heavy atom. The van der Waals surface area contributed by atoms with Crippen LogP contribution in [-0.4, -0.2) is 18.9 Å². The smallest absolute Gasteiger partial charge is 0.322 e. The summed E-state index contributed by atoms with van der Waals surface area (Å²) in [5, 5.41) is 0. The molecule has 0 amide bonds. The van der Waals surface area contributed by atoms with Gasteiger partial charge in [-0.05, 0) is 24.5 Å². The van der Waals surface area contributed by atoms with E-state index in [2.05, 4.69) is 0 Å². The van der Waals surface area contributed by atoms with Crippen LogP contribution in [0.15, 0.2) is 18.2 Å². The number of hydrogen-bond donors (Lipinski definition) is 0. The molecule has 2 aliphatic rings. The van der Waals surface area contributed by atoms with Crippen LogP contribution in [-0.2, 0) is 9.59 Å². The van der Waals surface area contributed by atoms with Gasteiger partial charge in [0.15, 0.2) is 0 Å². The molecule has 19 heavy (non-hydrogen) atoms. The summed E-state index contributed by atoms with van der Waals surface area (Å²) < 4.78 is 10.5. The fraction of sp³-hybridized carbons (Fsp3) is 0.467. The molecule has 4 nitrogen and oxygen atoms in total. The van der Waals surface area contributed by atoms with Gasteiger partial charge in [0.05, 0.1) is 7.11 Å². The third-order valence-corrected chi connectivity index (χ3v) is 4.02. The van der Waals surface area contributed by atoms with Crippen molar-refractivity contribution >= 4 is 11.8 Å². The van der Waals surface area contributed by atoms with Gasteiger partial charge in [0.1, 0.15) is 23.2 Å². The Morgan fingerprint density at radius 1 is 1.26 bits per heavy atom. The maximum Gasteiger partial charge on any atom is 0.322 e. The van der Waals surface area contributed by atoms with E-state index in [0.717, 1.165) is 24.8 Å². The summed E-state index contributed by atoms with van der Waals surface area (Å²) in [4.78, 5) is 24.1. The van der Waals surface area contributed by atoms with Gasteiger partial charge in [-0.3, -0.25) is 9.59 Å². The molecule has 2 unspecified atom stereocenters. The molecule has 0 radical (unpaired) electrons. The number of ketones is 1. The van der Waals surface area contributed by atoms with Crippen LogP contribution in [0.2, 0.25) is 0 Å². The van der Waals surface area contributed by atoms with Crippen LogP contribution in [0.4, 0.5) is 0 Å². The van der Waals surface area contributed by atoms with Gasteiger partial charge in [-0.15, -0.1) is 0 Å². The number of benzene rings is 1. The Bertz CT molecular complexity index is 535. The lowest BCUT2D eigenvalue weighted by Crippen LogP contribution is -2.36. The summed E-state index contributed by atoms with van der Waals surface area (Å²) in [5.74, 6) is 0.178. The van der Waals surface area contributed by atoms with Gasteiger partial charge in [0, 0.05) is 18.4 Å². The summed E-state index contributed by atoms with van der Waals surface area (Å²) in [6.07, 6.45) is 3.20. The highest BCUT2D eigenvalue weighted by molar-refractivity contribution is 6.02. The van der Waals surface area contributed by atoms with E-state index in [4.69, 9.17) is 9.47 Å². The molecule has 3 rings (SSSR count). The second-order valence-electron chi connectivity index (χ2n) is 5.12. The average molecular weight is 260 g/mol. The van der Waals surface area contributed by atoms with Crippen LogP contribution in [0, 0.1) is 5.92 Å². The third kappa shape index (κ3) is 2.01. The van der Waals surface area contributed by atoms with Crippen molar-refractivity contribution in [3.05, 3.63) is 23.8 Å². The summed E-state index contributed by atoms with van der Waals surface area (Å²) in [6, 6.07) is 5.49. The molecular weight excluding hydrogens is 244 g/mol. The van der Waals surface area contributed by atoms with Gasteiger partial charge < -0.3 is 9.47 Å². The third-order valence-electron chi connectivity index (χ3n) is 4.02. The molecule has 100 valence electrons. The lowest BCUT2D eigenvalue weighted by Gasteiger charge is -2.29. The SMILES string of the molecule is COc1ccc2c(c1)OC(=O)C1C(=O)CCCCC21. The largest absolute Gasteiger partial charge is 0.497 e. The monoisotopic (exact) mass is 260 g/mol. The highest BCUT2D eigenvalue weighted by Gasteiger charge is 2.42. The standard InChI is InChI=1S/C15H16O4/c1-18-9-6-7-10-11-4-2-3-5-12(16)14(11)15(17)19-13(10)8-9/h6-8,11,14H,2-5H2,1H3. The molecule has 4 heteroatoms. The molecule has 2 atom stereocenters. The highest BCUT2D eigenvalue weighted by atomic mass is 16.5. The highest BCUT2D eigenvalue weighted by Crippen LogP contribution is 2.44. The Hall–Kier alpha value is -1.84. The Labute approximate surface area is 111 Å². The minimum absolute atomic E-state index is 0.0222. The lowest BCUT2D eigenvalue weighted by molar-refractivity contribution is -0.146. The fourth-order valence-corrected chi connectivity index (χ4v) is 3.05. The number of fused-ring (bicyclic) bond motifs is 3. The molecule has 1 aromatic rings. The van der Waals surface area contributed by atoms with Crippen molar-refractivity contribution < 1.29 is 19.1 Å². The number of esters is 1. The second kappa shape index (κ2) is 4.68. The van der Waals surface area contributed by atoms with Crippen LogP contribution in [0.3, 0.4) is 0 Å². The first-order chi connectivity index (χ1) is 9.20. The predicted octanol–water partition coefficient (Wildman–Crippen LogP) is 2.46. The molecule has 1 saturated carbocycles. The lowest BCUT2D eigenvalue weighted by atomic mass is 9.80. The van der Waals surface area contributed by atoms with Crippen LogP contribution in [0.5, 0.6) is 11.5 Å². The average Bonchev–Trinajstić information content (AvgIpc) is 2.60. The van der Waals surface area contributed by atoms with Gasteiger partial charge in [-0.2, -0.15) is 0 Å². The topological polar surface area (TPSA) is 52.6 Å². The Kier molecular flexibility index (Phi) is 3.01. The number of carbonyl (C=O) groups is 2. The zero-order valence-corrected chi connectivity index (χ0v) is 10.8. The molecule has 0 spiro atoms. The maximum absolute atomic E-state index is 12.1. The molecule has 0 bridgehead atoms. The van der Waals surface area contributed by atoms with E-state index >= 15 is 0 Å². The van der Waals surface area contributed by atoms with Crippen molar-refractivity contribution in [2.75, 3.05) is 7.11 Å². The zero-order chi connectivity index (χ0) is 13.4. The zero-order valence-electron chi connectivity index (χ0n) is 10.8. The number of Topliss-reactive ketones (excluding diaryl/α,β-unsaturated/α-hetero) is 1. The van der Waals surface area contributed by atoms with Crippen molar-refractivity contribution in [2.24, 2.45) is 5.92 Å². The molecule has 1 aliphatic carbocycles. The van der Waals surface area contributed by atoms with Crippen molar-refractivity contribution in [1.82, 2.24) is 0 Å². The van der Waals surface area contributed by atoms with E-state index in [0.29, 0.717) is 17.9 Å². The van der Waals surface area contributed by atoms with E-state index < -0.39 is 11.9 Å². The predicted molar refractivity (Wildman–Crippen MR) is 68.3 cm³/mol. The Morgan fingerprint density at radius 2 is 2.11 bits per heavy atom. The van der Waals surface area contributed by atoms with Crippen molar-refractivity contribution in [3.63, 3.8) is 0 Å². The van der Waals surface area contributed by atoms with E-state index in [-0.39, 0.29) is 11.7 Å². The van der Waals surface area contributed by atoms with Gasteiger partial charge >= 0.3 is 5.97 Å². The maximum atomic E-state index is 12.1. The summed E-state index contributed by atoms with van der Waals surface area (Å²) in [5.41, 5.74) is 0.959. The Balaban J connectivity index is 2.06. The molecule has 0 aromatic heterocycles. The van der Waals surface area contributed by atoms with Gasteiger partial charge in [0.25, 0.3) is 0 Å². The molecule has 1 heterocycles. The number of carbonyl (C=O) groups excluding carboxylic acids is 2. The summed E-state index contributed by atoms with van der Waals surface area (Å²) >= 11 is 0. The van der Waals surface area contributed by atoms with Crippen LogP contribution < -0.4 is 9.47 Å². The molecule has 1 fully saturated rings. The quantitative estimate of drug-likeness (QED) is 0.442. The first kappa shape index (κ1) is 12.2.